The molecule has 0 aliphatic rings. The van der Waals surface area contributed by atoms with Crippen LogP contribution in [-0.4, -0.2) is 47.7 Å². The molecular weight excluding hydrogens is 152 g/mol. The third-order valence-corrected chi connectivity index (χ3v) is 0.497. The van der Waals surface area contributed by atoms with Crippen LogP contribution in [0.25, 0.3) is 0 Å². The van der Waals surface area contributed by atoms with Crippen LogP contribution in [0.1, 0.15) is 6.92 Å². The highest BCUT2D eigenvalue weighted by Gasteiger charge is 1.86. The fourth-order valence-corrected chi connectivity index (χ4v) is 0.189. The molecule has 3 N–H and O–H groups in total. The van der Waals surface area contributed by atoms with Gasteiger partial charge in [0.2, 0.25) is 0 Å². The quantitative estimate of drug-likeness (QED) is 0.445. The Hall–Kier alpha value is -0.650. The molecule has 0 saturated carbocycles. The minimum absolute atomic E-state index is 0.0976. The summed E-state index contributed by atoms with van der Waals surface area (Å²) in [4.78, 5) is 9.87. The van der Waals surface area contributed by atoms with Gasteiger partial charge in [-0.25, -0.2) is 0 Å². The van der Waals surface area contributed by atoms with Crippen molar-refractivity contribution < 1.29 is 24.9 Å². The summed E-state index contributed by atoms with van der Waals surface area (Å²) in [6.45, 7) is 1.06. The SMILES string of the molecule is CC(=O)OCCO.OCCO. The summed E-state index contributed by atoms with van der Waals surface area (Å²) in [5, 5.41) is 23.3. The highest BCUT2D eigenvalue weighted by molar-refractivity contribution is 5.65. The number of carbonyl (C=O) groups excluding carboxylic acids is 1. The standard InChI is InChI=1S/C4H8O3.C2H6O2/c1-4(6)7-3-2-5;3-1-2-4/h5H,2-3H2,1H3;3-4H,1-2H2. The van der Waals surface area contributed by atoms with E-state index in [4.69, 9.17) is 15.3 Å². The van der Waals surface area contributed by atoms with Crippen LogP contribution < -0.4 is 0 Å². The molecule has 0 rings (SSSR count). The van der Waals surface area contributed by atoms with Gasteiger partial charge in [-0.15, -0.1) is 0 Å². The van der Waals surface area contributed by atoms with Crippen molar-refractivity contribution in [1.82, 2.24) is 0 Å². The fourth-order valence-electron chi connectivity index (χ4n) is 0.189. The molecule has 0 saturated heterocycles. The average Bonchev–Trinajstić information content (AvgIpc) is 2.01. The van der Waals surface area contributed by atoms with E-state index in [1.165, 1.54) is 6.92 Å². The lowest BCUT2D eigenvalue weighted by Crippen LogP contribution is -2.03. The number of aliphatic hydroxyl groups is 3. The normalized spacial score (nSPS) is 8.00. The minimum atomic E-state index is -0.353. The first-order valence-corrected chi connectivity index (χ1v) is 3.15. The van der Waals surface area contributed by atoms with Gasteiger partial charge in [-0.1, -0.05) is 0 Å². The predicted molar refractivity (Wildman–Crippen MR) is 37.9 cm³/mol. The maximum Gasteiger partial charge on any atom is 0.302 e. The lowest BCUT2D eigenvalue weighted by Gasteiger charge is -1.93. The van der Waals surface area contributed by atoms with Gasteiger partial charge < -0.3 is 20.1 Å². The van der Waals surface area contributed by atoms with Crippen LogP contribution in [0.5, 0.6) is 0 Å². The number of hydrogen-bond acceptors (Lipinski definition) is 5. The van der Waals surface area contributed by atoms with Crippen molar-refractivity contribution in [3.8, 4) is 0 Å². The topological polar surface area (TPSA) is 87.0 Å². The van der Waals surface area contributed by atoms with Gasteiger partial charge in [0.15, 0.2) is 0 Å². The van der Waals surface area contributed by atoms with E-state index in [2.05, 4.69) is 4.74 Å². The summed E-state index contributed by atoms with van der Waals surface area (Å²) in [6.07, 6.45) is 0. The first kappa shape index (κ1) is 13.0. The zero-order valence-electron chi connectivity index (χ0n) is 6.49. The van der Waals surface area contributed by atoms with Crippen molar-refractivity contribution in [2.75, 3.05) is 26.4 Å². The molecule has 0 aliphatic heterocycles. The maximum atomic E-state index is 9.87. The van der Waals surface area contributed by atoms with Gasteiger partial charge in [-0.3, -0.25) is 4.79 Å². The molecular formula is C6H14O5. The Morgan fingerprint density at radius 1 is 1.18 bits per heavy atom. The van der Waals surface area contributed by atoms with E-state index in [-0.39, 0.29) is 32.4 Å². The largest absolute Gasteiger partial charge is 0.463 e. The summed E-state index contributed by atoms with van der Waals surface area (Å²) in [6, 6.07) is 0. The van der Waals surface area contributed by atoms with Gasteiger partial charge in [0.05, 0.1) is 19.8 Å². The molecule has 11 heavy (non-hydrogen) atoms. The molecule has 0 aromatic rings. The first-order valence-electron chi connectivity index (χ1n) is 3.15. The van der Waals surface area contributed by atoms with E-state index in [1.54, 1.807) is 0 Å². The molecule has 0 spiro atoms. The summed E-state index contributed by atoms with van der Waals surface area (Å²) < 4.78 is 4.30. The molecule has 0 fully saturated rings. The van der Waals surface area contributed by atoms with Crippen molar-refractivity contribution in [2.45, 2.75) is 6.92 Å². The molecule has 68 valence electrons. The van der Waals surface area contributed by atoms with Crippen LogP contribution in [0.2, 0.25) is 0 Å². The summed E-state index contributed by atoms with van der Waals surface area (Å²) in [5.41, 5.74) is 0. The van der Waals surface area contributed by atoms with Crippen LogP contribution in [0, 0.1) is 0 Å². The van der Waals surface area contributed by atoms with Gasteiger partial charge in [-0.05, 0) is 0 Å². The Labute approximate surface area is 65.2 Å². The molecule has 0 atom stereocenters. The van der Waals surface area contributed by atoms with E-state index in [9.17, 15) is 4.79 Å². The molecule has 0 aromatic heterocycles. The molecule has 0 aromatic carbocycles. The van der Waals surface area contributed by atoms with Gasteiger partial charge >= 0.3 is 5.97 Å². The van der Waals surface area contributed by atoms with Gasteiger partial charge in [0.25, 0.3) is 0 Å². The van der Waals surface area contributed by atoms with E-state index in [0.717, 1.165) is 0 Å². The number of ether oxygens (including phenoxy) is 1. The Balaban J connectivity index is 0. The predicted octanol–water partition coefficient (Wildman–Crippen LogP) is -1.49. The first-order chi connectivity index (χ1) is 5.18. The molecule has 0 radical (unpaired) electrons. The van der Waals surface area contributed by atoms with Crippen LogP contribution in [0.15, 0.2) is 0 Å². The van der Waals surface area contributed by atoms with Crippen molar-refractivity contribution in [3.05, 3.63) is 0 Å². The molecule has 0 heterocycles. The second kappa shape index (κ2) is 12.1. The fraction of sp³-hybridized carbons (Fsp3) is 0.833. The number of rotatable bonds is 3. The minimum Gasteiger partial charge on any atom is -0.463 e. The third-order valence-electron chi connectivity index (χ3n) is 0.497. The van der Waals surface area contributed by atoms with Crippen molar-refractivity contribution in [1.29, 1.82) is 0 Å². The lowest BCUT2D eigenvalue weighted by molar-refractivity contribution is -0.141. The molecule has 0 unspecified atom stereocenters. The number of hydrogen-bond donors (Lipinski definition) is 3. The Kier molecular flexibility index (Phi) is 14.2. The van der Waals surface area contributed by atoms with E-state index < -0.39 is 0 Å². The number of aliphatic hydroxyl groups excluding tert-OH is 3. The smallest absolute Gasteiger partial charge is 0.302 e. The number of carbonyl (C=O) groups is 1. The monoisotopic (exact) mass is 166 g/mol. The van der Waals surface area contributed by atoms with Crippen molar-refractivity contribution in [3.63, 3.8) is 0 Å². The average molecular weight is 166 g/mol. The zero-order chi connectivity index (χ0) is 9.11. The van der Waals surface area contributed by atoms with E-state index in [0.29, 0.717) is 0 Å². The Morgan fingerprint density at radius 3 is 1.73 bits per heavy atom. The van der Waals surface area contributed by atoms with Gasteiger partial charge in [0, 0.05) is 6.92 Å². The zero-order valence-corrected chi connectivity index (χ0v) is 6.49. The van der Waals surface area contributed by atoms with Gasteiger partial charge in [-0.2, -0.15) is 0 Å². The molecule has 5 heteroatoms. The maximum absolute atomic E-state index is 9.87. The highest BCUT2D eigenvalue weighted by Crippen LogP contribution is 1.71. The van der Waals surface area contributed by atoms with Crippen molar-refractivity contribution >= 4 is 5.97 Å². The molecule has 5 nitrogen and oxygen atoms in total. The van der Waals surface area contributed by atoms with Crippen LogP contribution in [0.3, 0.4) is 0 Å². The second-order valence-electron chi connectivity index (χ2n) is 1.51. The number of esters is 1. The molecule has 0 bridgehead atoms. The highest BCUT2D eigenvalue weighted by atomic mass is 16.5. The summed E-state index contributed by atoms with van der Waals surface area (Å²) in [5.74, 6) is -0.353. The summed E-state index contributed by atoms with van der Waals surface area (Å²) in [7, 11) is 0. The molecule has 0 amide bonds. The van der Waals surface area contributed by atoms with E-state index >= 15 is 0 Å². The lowest BCUT2D eigenvalue weighted by atomic mass is 10.7. The van der Waals surface area contributed by atoms with Crippen LogP contribution in [0.4, 0.5) is 0 Å². The Morgan fingerprint density at radius 2 is 1.64 bits per heavy atom. The Bertz CT molecular complexity index is 81.0. The second-order valence-corrected chi connectivity index (χ2v) is 1.51. The summed E-state index contributed by atoms with van der Waals surface area (Å²) >= 11 is 0. The van der Waals surface area contributed by atoms with Crippen LogP contribution >= 0.6 is 0 Å². The van der Waals surface area contributed by atoms with Crippen LogP contribution in [-0.2, 0) is 9.53 Å². The van der Waals surface area contributed by atoms with Crippen molar-refractivity contribution in [2.24, 2.45) is 0 Å². The van der Waals surface area contributed by atoms with E-state index in [1.807, 2.05) is 0 Å². The third kappa shape index (κ3) is 26.7. The van der Waals surface area contributed by atoms with Gasteiger partial charge in [0.1, 0.15) is 6.61 Å². The molecule has 0 aliphatic carbocycles.